The molecule has 3 heterocycles. The second-order valence-electron chi connectivity index (χ2n) is 9.32. The number of thiazole rings is 1. The van der Waals surface area contributed by atoms with Crippen molar-refractivity contribution in [1.82, 2.24) is 4.57 Å². The zero-order chi connectivity index (χ0) is 27.8. The molecule has 206 valence electrons. The molecule has 0 aliphatic carbocycles. The van der Waals surface area contributed by atoms with Crippen molar-refractivity contribution in [2.45, 2.75) is 31.2 Å². The lowest BCUT2D eigenvalue weighted by Gasteiger charge is -2.20. The Morgan fingerprint density at radius 2 is 1.67 bits per heavy atom. The minimum Gasteiger partial charge on any atom is -0.335 e. The van der Waals surface area contributed by atoms with E-state index in [2.05, 4.69) is 21.6 Å². The van der Waals surface area contributed by atoms with Crippen molar-refractivity contribution >= 4 is 65.3 Å². The van der Waals surface area contributed by atoms with Gasteiger partial charge < -0.3 is 9.47 Å². The van der Waals surface area contributed by atoms with E-state index in [-0.39, 0.29) is 24.3 Å². The fourth-order valence-corrected chi connectivity index (χ4v) is 7.83. The number of anilines is 1. The SMILES string of the molecule is Cc1ccc2c(c1)N(CCCS(=O)(=O)O)C(=Cc1sc3ccc(-n4cccc4)cc3[n+]1CCCS(=O)(=O)O)S2. The number of thioether (sulfide) groups is 1. The molecule has 39 heavy (non-hydrogen) atoms. The van der Waals surface area contributed by atoms with Gasteiger partial charge in [0.1, 0.15) is 4.70 Å². The van der Waals surface area contributed by atoms with Gasteiger partial charge in [-0.05, 0) is 55.3 Å². The Labute approximate surface area is 235 Å². The van der Waals surface area contributed by atoms with E-state index in [1.165, 1.54) is 0 Å². The lowest BCUT2D eigenvalue weighted by atomic mass is 10.2. The fourth-order valence-electron chi connectivity index (χ4n) is 4.56. The third kappa shape index (κ3) is 6.73. The van der Waals surface area contributed by atoms with Crippen LogP contribution in [0.15, 0.2) is 70.8 Å². The van der Waals surface area contributed by atoms with Crippen LogP contribution in [0.5, 0.6) is 0 Å². The molecule has 4 aromatic rings. The number of nitrogens with zero attached hydrogens (tertiary/aromatic N) is 3. The third-order valence-electron chi connectivity index (χ3n) is 6.32. The van der Waals surface area contributed by atoms with Crippen LogP contribution in [-0.4, -0.2) is 48.6 Å². The van der Waals surface area contributed by atoms with Crippen LogP contribution in [0.2, 0.25) is 0 Å². The van der Waals surface area contributed by atoms with E-state index in [1.54, 1.807) is 23.1 Å². The van der Waals surface area contributed by atoms with Crippen LogP contribution in [0.1, 0.15) is 23.4 Å². The van der Waals surface area contributed by atoms with Crippen molar-refractivity contribution in [1.29, 1.82) is 0 Å². The Bertz CT molecular complexity index is 1760. The molecule has 5 rings (SSSR count). The largest absolute Gasteiger partial charge is 0.335 e. The van der Waals surface area contributed by atoms with Crippen LogP contribution in [0.4, 0.5) is 5.69 Å². The molecular formula is C26H28N3O6S4+. The normalized spacial score (nSPS) is 14.9. The number of hydrogen-bond acceptors (Lipinski definition) is 7. The number of hydrogen-bond donors (Lipinski definition) is 2. The van der Waals surface area contributed by atoms with Crippen molar-refractivity contribution in [2.75, 3.05) is 23.0 Å². The molecule has 1 aliphatic heterocycles. The van der Waals surface area contributed by atoms with E-state index in [1.807, 2.05) is 66.4 Å². The van der Waals surface area contributed by atoms with E-state index in [0.717, 1.165) is 42.1 Å². The highest BCUT2D eigenvalue weighted by atomic mass is 32.2. The Balaban J connectivity index is 1.56. The Morgan fingerprint density at radius 3 is 2.38 bits per heavy atom. The van der Waals surface area contributed by atoms with Crippen molar-refractivity contribution in [3.8, 4) is 5.69 Å². The molecular weight excluding hydrogens is 579 g/mol. The quantitative estimate of drug-likeness (QED) is 0.196. The van der Waals surface area contributed by atoms with Crippen LogP contribution in [0.3, 0.4) is 0 Å². The van der Waals surface area contributed by atoms with E-state index in [0.29, 0.717) is 13.1 Å². The minimum absolute atomic E-state index is 0.240. The minimum atomic E-state index is -4.09. The highest BCUT2D eigenvalue weighted by Gasteiger charge is 2.28. The van der Waals surface area contributed by atoms with Gasteiger partial charge in [-0.2, -0.15) is 21.4 Å². The number of rotatable bonds is 10. The monoisotopic (exact) mass is 606 g/mol. The van der Waals surface area contributed by atoms with E-state index in [9.17, 15) is 25.9 Å². The highest BCUT2D eigenvalue weighted by molar-refractivity contribution is 8.04. The molecule has 2 aromatic heterocycles. The zero-order valence-corrected chi connectivity index (χ0v) is 24.4. The van der Waals surface area contributed by atoms with E-state index < -0.39 is 20.2 Å². The first-order valence-electron chi connectivity index (χ1n) is 12.2. The molecule has 0 atom stereocenters. The van der Waals surface area contributed by atoms with E-state index in [4.69, 9.17) is 0 Å². The first-order chi connectivity index (χ1) is 18.5. The van der Waals surface area contributed by atoms with Gasteiger partial charge in [0.25, 0.3) is 25.2 Å². The van der Waals surface area contributed by atoms with Gasteiger partial charge in [0.05, 0.1) is 34.0 Å². The molecule has 0 saturated carbocycles. The molecule has 0 fully saturated rings. The predicted molar refractivity (Wildman–Crippen MR) is 156 cm³/mol. The summed E-state index contributed by atoms with van der Waals surface area (Å²) in [6.45, 7) is 2.79. The first-order valence-corrected chi connectivity index (χ1v) is 17.1. The molecule has 2 N–H and O–H groups in total. The summed E-state index contributed by atoms with van der Waals surface area (Å²) in [5.41, 5.74) is 3.98. The number of benzene rings is 2. The van der Waals surface area contributed by atoms with Crippen molar-refractivity contribution in [3.63, 3.8) is 0 Å². The fraction of sp³-hybridized carbons (Fsp3) is 0.269. The van der Waals surface area contributed by atoms with Gasteiger partial charge in [-0.15, -0.1) is 0 Å². The summed E-state index contributed by atoms with van der Waals surface area (Å²) in [6, 6.07) is 16.2. The molecule has 0 bridgehead atoms. The maximum absolute atomic E-state index is 11.4. The average molecular weight is 607 g/mol. The molecule has 0 unspecified atom stereocenters. The summed E-state index contributed by atoms with van der Waals surface area (Å²) >= 11 is 3.16. The molecule has 0 spiro atoms. The zero-order valence-electron chi connectivity index (χ0n) is 21.1. The maximum Gasteiger partial charge on any atom is 0.265 e. The molecule has 0 radical (unpaired) electrons. The number of fused-ring (bicyclic) bond motifs is 2. The summed E-state index contributed by atoms with van der Waals surface area (Å²) < 4.78 is 69.2. The summed E-state index contributed by atoms with van der Waals surface area (Å²) in [7, 11) is -8.17. The molecule has 13 heteroatoms. The summed E-state index contributed by atoms with van der Waals surface area (Å²) in [4.78, 5) is 3.11. The summed E-state index contributed by atoms with van der Waals surface area (Å²) in [5, 5.41) is 1.81. The lowest BCUT2D eigenvalue weighted by Crippen LogP contribution is -2.36. The standard InChI is InChI=1S/C26H27N3O6S4/c1-19-6-8-23-21(16-19)28(12-4-14-38(30,31)32)25(36-23)18-26-29(13-5-15-39(33,34)35)22-17-20(7-9-24(22)37-26)27-10-2-3-11-27/h2-3,6-11,16-18H,4-5,12-15H2,1H3,(H-,30,31,32,33,34,35)/p+1. The smallest absolute Gasteiger partial charge is 0.265 e. The second-order valence-corrected chi connectivity index (χ2v) is 14.6. The third-order valence-corrected chi connectivity index (χ3v) is 10.2. The van der Waals surface area contributed by atoms with Crippen LogP contribution < -0.4 is 9.47 Å². The van der Waals surface area contributed by atoms with Crippen molar-refractivity contribution < 1.29 is 30.5 Å². The first kappa shape index (κ1) is 27.9. The Kier molecular flexibility index (Phi) is 7.91. The Hall–Kier alpha value is -2.68. The lowest BCUT2D eigenvalue weighted by molar-refractivity contribution is -0.668. The Morgan fingerprint density at radius 1 is 0.949 bits per heavy atom. The number of aromatic nitrogens is 2. The number of aryl methyl sites for hydroxylation is 2. The van der Waals surface area contributed by atoms with Gasteiger partial charge in [0.15, 0.2) is 6.54 Å². The molecule has 2 aromatic carbocycles. The summed E-state index contributed by atoms with van der Waals surface area (Å²) in [6.07, 6.45) is 6.45. The van der Waals surface area contributed by atoms with Crippen LogP contribution in [-0.2, 0) is 26.8 Å². The van der Waals surface area contributed by atoms with Crippen LogP contribution in [0, 0.1) is 6.92 Å². The topological polar surface area (TPSA) is 121 Å². The second kappa shape index (κ2) is 11.1. The predicted octanol–water partition coefficient (Wildman–Crippen LogP) is 4.75. The van der Waals surface area contributed by atoms with Gasteiger partial charge in [-0.1, -0.05) is 29.2 Å². The van der Waals surface area contributed by atoms with Gasteiger partial charge in [-0.25, -0.2) is 0 Å². The van der Waals surface area contributed by atoms with Gasteiger partial charge >= 0.3 is 0 Å². The van der Waals surface area contributed by atoms with Crippen LogP contribution >= 0.6 is 23.1 Å². The average Bonchev–Trinajstić information content (AvgIpc) is 3.57. The van der Waals surface area contributed by atoms with Gasteiger partial charge in [-0.3, -0.25) is 9.11 Å². The van der Waals surface area contributed by atoms with E-state index >= 15 is 0 Å². The summed E-state index contributed by atoms with van der Waals surface area (Å²) in [5.74, 6) is -0.671. The van der Waals surface area contributed by atoms with Gasteiger partial charge in [0.2, 0.25) is 5.52 Å². The highest BCUT2D eigenvalue weighted by Crippen LogP contribution is 2.47. The molecule has 0 saturated heterocycles. The van der Waals surface area contributed by atoms with Gasteiger partial charge in [0, 0.05) is 36.3 Å². The van der Waals surface area contributed by atoms with Crippen molar-refractivity contribution in [3.05, 3.63) is 76.5 Å². The molecule has 0 amide bonds. The van der Waals surface area contributed by atoms with Crippen LogP contribution in [0.25, 0.3) is 22.0 Å². The molecule has 1 aliphatic rings. The maximum atomic E-state index is 11.4. The molecule has 9 nitrogen and oxygen atoms in total. The van der Waals surface area contributed by atoms with Crippen molar-refractivity contribution in [2.24, 2.45) is 0 Å².